The molecule has 0 saturated heterocycles. The number of carbonyl (C=O) groups is 2. The molecule has 0 bridgehead atoms. The van der Waals surface area contributed by atoms with Crippen LogP contribution in [0.1, 0.15) is 57.7 Å². The van der Waals surface area contributed by atoms with Gasteiger partial charge in [0.05, 0.1) is 4.75 Å². The number of nitrogens with one attached hydrogen (secondary N) is 1. The number of nitrogens with zero attached hydrogens (tertiary/aromatic N) is 2. The first-order chi connectivity index (χ1) is 17.0. The Hall–Kier alpha value is -3.08. The smallest absolute Gasteiger partial charge is 0.270 e. The number of carbonyl (C=O) groups excluding carboxylic acids is 2. The Morgan fingerprint density at radius 3 is 2.36 bits per heavy atom. The fourth-order valence-corrected chi connectivity index (χ4v) is 7.56. The fourth-order valence-electron chi connectivity index (χ4n) is 4.89. The second kappa shape index (κ2) is 8.50. The van der Waals surface area contributed by atoms with Gasteiger partial charge in [-0.1, -0.05) is 12.1 Å². The Morgan fingerprint density at radius 1 is 1.06 bits per heavy atom. The van der Waals surface area contributed by atoms with Crippen molar-refractivity contribution in [2.45, 2.75) is 55.2 Å². The van der Waals surface area contributed by atoms with Crippen molar-refractivity contribution in [2.24, 2.45) is 0 Å². The van der Waals surface area contributed by atoms with Gasteiger partial charge in [-0.15, -0.1) is 0 Å². The molecule has 2 amide bonds. The SMILES string of the molecule is Cc1ccc(CNC(=O)c2ccc3n(c2=O)CCN(CC2(S(=O)(=O)C4(CF)CC4)CC2)C3=O)cc1F. The quantitative estimate of drug-likeness (QED) is 0.575. The zero-order valence-electron chi connectivity index (χ0n) is 19.9. The van der Waals surface area contributed by atoms with E-state index in [4.69, 9.17) is 0 Å². The van der Waals surface area contributed by atoms with E-state index in [9.17, 15) is 31.6 Å². The number of sulfone groups is 1. The van der Waals surface area contributed by atoms with Gasteiger partial charge in [-0.05, 0) is 61.9 Å². The zero-order valence-corrected chi connectivity index (χ0v) is 20.7. The number of hydrogen-bond acceptors (Lipinski definition) is 5. The Bertz CT molecular complexity index is 1430. The number of halogens is 2. The van der Waals surface area contributed by atoms with E-state index in [0.29, 0.717) is 36.8 Å². The van der Waals surface area contributed by atoms with Crippen LogP contribution in [0, 0.1) is 12.7 Å². The van der Waals surface area contributed by atoms with Gasteiger partial charge in [-0.25, -0.2) is 17.2 Å². The third-order valence-electron chi connectivity index (χ3n) is 7.69. The van der Waals surface area contributed by atoms with Crippen LogP contribution in [0.25, 0.3) is 0 Å². The van der Waals surface area contributed by atoms with E-state index in [1.54, 1.807) is 19.1 Å². The van der Waals surface area contributed by atoms with Crippen LogP contribution in [0.2, 0.25) is 0 Å². The highest BCUT2D eigenvalue weighted by atomic mass is 32.2. The Morgan fingerprint density at radius 2 is 1.75 bits per heavy atom. The molecule has 3 aliphatic rings. The molecular weight excluding hydrogens is 492 g/mol. The van der Waals surface area contributed by atoms with Gasteiger partial charge >= 0.3 is 0 Å². The van der Waals surface area contributed by atoms with Crippen molar-refractivity contribution in [1.29, 1.82) is 0 Å². The molecule has 0 atom stereocenters. The maximum absolute atomic E-state index is 13.7. The fraction of sp³-hybridized carbons (Fsp3) is 0.480. The monoisotopic (exact) mass is 519 g/mol. The minimum Gasteiger partial charge on any atom is -0.348 e. The van der Waals surface area contributed by atoms with Crippen molar-refractivity contribution in [1.82, 2.24) is 14.8 Å². The third kappa shape index (κ3) is 3.84. The van der Waals surface area contributed by atoms with E-state index in [1.165, 1.54) is 27.7 Å². The molecule has 1 N–H and O–H groups in total. The molecule has 2 aliphatic carbocycles. The molecule has 2 heterocycles. The lowest BCUT2D eigenvalue weighted by Crippen LogP contribution is -2.51. The van der Waals surface area contributed by atoms with Crippen molar-refractivity contribution >= 4 is 21.7 Å². The highest BCUT2D eigenvalue weighted by molar-refractivity contribution is 7.94. The molecular formula is C25H27F2N3O5S. The normalized spacial score (nSPS) is 19.5. The molecule has 1 aromatic heterocycles. The van der Waals surface area contributed by atoms with Crippen LogP contribution in [0.4, 0.5) is 8.78 Å². The number of aryl methyl sites for hydroxylation is 1. The summed E-state index contributed by atoms with van der Waals surface area (Å²) in [5.41, 5.74) is 0.322. The van der Waals surface area contributed by atoms with Crippen LogP contribution in [-0.2, 0) is 22.9 Å². The number of alkyl halides is 1. The molecule has 2 fully saturated rings. The number of amides is 2. The van der Waals surface area contributed by atoms with E-state index >= 15 is 0 Å². The second-order valence-electron chi connectivity index (χ2n) is 10.1. The minimum absolute atomic E-state index is 0.0283. The summed E-state index contributed by atoms with van der Waals surface area (Å²) in [6.45, 7) is 0.937. The lowest BCUT2D eigenvalue weighted by atomic mass is 10.1. The number of rotatable bonds is 8. The third-order valence-corrected chi connectivity index (χ3v) is 11.0. The molecule has 1 aliphatic heterocycles. The summed E-state index contributed by atoms with van der Waals surface area (Å²) in [6.07, 6.45) is 1.39. The highest BCUT2D eigenvalue weighted by Crippen LogP contribution is 2.57. The van der Waals surface area contributed by atoms with E-state index < -0.39 is 49.2 Å². The Balaban J connectivity index is 1.31. The number of hydrogen-bond donors (Lipinski definition) is 1. The molecule has 2 saturated carbocycles. The van der Waals surface area contributed by atoms with E-state index in [0.717, 1.165) is 0 Å². The van der Waals surface area contributed by atoms with Crippen LogP contribution in [0.3, 0.4) is 0 Å². The number of aromatic nitrogens is 1. The lowest BCUT2D eigenvalue weighted by Gasteiger charge is -2.33. The molecule has 192 valence electrons. The highest BCUT2D eigenvalue weighted by Gasteiger charge is 2.68. The summed E-state index contributed by atoms with van der Waals surface area (Å²) in [4.78, 5) is 40.2. The molecule has 11 heteroatoms. The number of benzene rings is 1. The molecule has 0 spiro atoms. The number of fused-ring (bicyclic) bond motifs is 1. The van der Waals surface area contributed by atoms with Crippen LogP contribution < -0.4 is 10.9 Å². The topological polar surface area (TPSA) is 106 Å². The number of pyridine rings is 1. The van der Waals surface area contributed by atoms with Crippen molar-refractivity contribution in [3.05, 3.63) is 68.9 Å². The molecule has 2 aromatic rings. The zero-order chi connectivity index (χ0) is 25.9. The van der Waals surface area contributed by atoms with Crippen LogP contribution in [0.5, 0.6) is 0 Å². The largest absolute Gasteiger partial charge is 0.348 e. The van der Waals surface area contributed by atoms with Crippen molar-refractivity contribution in [3.63, 3.8) is 0 Å². The van der Waals surface area contributed by atoms with Gasteiger partial charge in [0.15, 0.2) is 9.84 Å². The van der Waals surface area contributed by atoms with Gasteiger partial charge < -0.3 is 14.8 Å². The standard InChI is InChI=1S/C25H27F2N3O5S/c1-16-2-3-17(12-19(16)27)13-28-21(31)18-4-5-20-23(33)29(10-11-30(20)22(18)32)15-25(8-9-25)36(34,35)24(14-26)6-7-24/h2-5,12H,6-11,13-15H2,1H3,(H,28,31). The van der Waals surface area contributed by atoms with Crippen LogP contribution in [-0.4, -0.2) is 59.0 Å². The van der Waals surface area contributed by atoms with Crippen molar-refractivity contribution in [2.75, 3.05) is 19.8 Å². The average molecular weight is 520 g/mol. The summed E-state index contributed by atoms with van der Waals surface area (Å²) in [7, 11) is -3.74. The molecule has 0 unspecified atom stereocenters. The molecule has 36 heavy (non-hydrogen) atoms. The molecule has 1 aromatic carbocycles. The predicted octanol–water partition coefficient (Wildman–Crippen LogP) is 2.13. The van der Waals surface area contributed by atoms with Gasteiger partial charge in [-0.3, -0.25) is 14.4 Å². The molecule has 0 radical (unpaired) electrons. The first-order valence-electron chi connectivity index (χ1n) is 11.9. The lowest BCUT2D eigenvalue weighted by molar-refractivity contribution is 0.0694. The van der Waals surface area contributed by atoms with Gasteiger partial charge in [0, 0.05) is 26.2 Å². The van der Waals surface area contributed by atoms with E-state index in [2.05, 4.69) is 5.32 Å². The summed E-state index contributed by atoms with van der Waals surface area (Å²) in [6, 6.07) is 7.24. The summed E-state index contributed by atoms with van der Waals surface area (Å²) in [5.74, 6) is -1.53. The van der Waals surface area contributed by atoms with Crippen molar-refractivity contribution < 1.29 is 26.8 Å². The van der Waals surface area contributed by atoms with Gasteiger partial charge in [0.25, 0.3) is 17.4 Å². The maximum Gasteiger partial charge on any atom is 0.270 e. The molecule has 8 nitrogen and oxygen atoms in total. The van der Waals surface area contributed by atoms with Gasteiger partial charge in [-0.2, -0.15) is 0 Å². The summed E-state index contributed by atoms with van der Waals surface area (Å²) >= 11 is 0. The summed E-state index contributed by atoms with van der Waals surface area (Å²) < 4.78 is 52.3. The predicted molar refractivity (Wildman–Crippen MR) is 128 cm³/mol. The minimum atomic E-state index is -3.74. The Labute approximate surface area is 207 Å². The first kappa shape index (κ1) is 24.6. The van der Waals surface area contributed by atoms with Gasteiger partial charge in [0.2, 0.25) is 0 Å². The van der Waals surface area contributed by atoms with Crippen LogP contribution >= 0.6 is 0 Å². The van der Waals surface area contributed by atoms with Gasteiger partial charge in [0.1, 0.15) is 28.5 Å². The second-order valence-corrected chi connectivity index (χ2v) is 12.8. The van der Waals surface area contributed by atoms with E-state index in [1.807, 2.05) is 0 Å². The average Bonchev–Trinajstić information content (AvgIpc) is 3.77. The molecule has 5 rings (SSSR count). The Kier molecular flexibility index (Phi) is 5.81. The maximum atomic E-state index is 13.7. The van der Waals surface area contributed by atoms with E-state index in [-0.39, 0.29) is 37.4 Å². The first-order valence-corrected chi connectivity index (χ1v) is 13.4. The summed E-state index contributed by atoms with van der Waals surface area (Å²) in [5, 5.41) is 2.60. The van der Waals surface area contributed by atoms with Crippen LogP contribution in [0.15, 0.2) is 35.1 Å². The van der Waals surface area contributed by atoms with Crippen molar-refractivity contribution in [3.8, 4) is 0 Å².